The molecule has 0 bridgehead atoms. The lowest BCUT2D eigenvalue weighted by atomic mass is 10.1. The molecule has 0 aromatic heterocycles. The zero-order valence-corrected chi connectivity index (χ0v) is 8.84. The van der Waals surface area contributed by atoms with Gasteiger partial charge >= 0.3 is 0 Å². The van der Waals surface area contributed by atoms with E-state index in [2.05, 4.69) is 6.58 Å². The van der Waals surface area contributed by atoms with Crippen LogP contribution in [0.5, 0.6) is 5.75 Å². The molecule has 0 radical (unpaired) electrons. The van der Waals surface area contributed by atoms with Crippen molar-refractivity contribution < 1.29 is 13.9 Å². The van der Waals surface area contributed by atoms with Gasteiger partial charge in [0.15, 0.2) is 5.78 Å². The fraction of sp³-hybridized carbons (Fsp3) is 0.250. The van der Waals surface area contributed by atoms with Gasteiger partial charge in [0.05, 0.1) is 5.56 Å². The molecule has 1 aromatic rings. The molecule has 0 amide bonds. The largest absolute Gasteiger partial charge is 0.488 e. The summed E-state index contributed by atoms with van der Waals surface area (Å²) in [4.78, 5) is 11.2. The molecule has 0 saturated carbocycles. The third-order valence-electron chi connectivity index (χ3n) is 1.80. The molecule has 80 valence electrons. The third kappa shape index (κ3) is 3.20. The van der Waals surface area contributed by atoms with Crippen molar-refractivity contribution in [1.29, 1.82) is 0 Å². The van der Waals surface area contributed by atoms with Crippen LogP contribution in [0.1, 0.15) is 24.2 Å². The molecule has 0 atom stereocenters. The van der Waals surface area contributed by atoms with Crippen LogP contribution in [0.4, 0.5) is 4.39 Å². The minimum Gasteiger partial charge on any atom is -0.488 e. The van der Waals surface area contributed by atoms with Gasteiger partial charge < -0.3 is 4.74 Å². The molecular weight excluding hydrogens is 195 g/mol. The molecule has 0 unspecified atom stereocenters. The van der Waals surface area contributed by atoms with Gasteiger partial charge in [0.25, 0.3) is 0 Å². The first-order valence-corrected chi connectivity index (χ1v) is 4.58. The van der Waals surface area contributed by atoms with E-state index >= 15 is 0 Å². The van der Waals surface area contributed by atoms with E-state index in [0.29, 0.717) is 5.56 Å². The molecule has 0 fully saturated rings. The summed E-state index contributed by atoms with van der Waals surface area (Å²) in [5.74, 6) is -0.297. The van der Waals surface area contributed by atoms with Crippen molar-refractivity contribution in [1.82, 2.24) is 0 Å². The summed E-state index contributed by atoms with van der Waals surface area (Å²) < 4.78 is 18.2. The van der Waals surface area contributed by atoms with E-state index in [1.54, 1.807) is 6.92 Å². The number of hydrogen-bond acceptors (Lipinski definition) is 2. The summed E-state index contributed by atoms with van der Waals surface area (Å²) in [5.41, 5.74) is 1.20. The molecule has 0 aliphatic heterocycles. The predicted molar refractivity (Wildman–Crippen MR) is 56.7 cm³/mol. The lowest BCUT2D eigenvalue weighted by Gasteiger charge is -2.09. The van der Waals surface area contributed by atoms with Crippen LogP contribution in [0, 0.1) is 5.82 Å². The molecular formula is C12H13FO2. The number of halogens is 1. The third-order valence-corrected chi connectivity index (χ3v) is 1.80. The highest BCUT2D eigenvalue weighted by atomic mass is 19.1. The van der Waals surface area contributed by atoms with Gasteiger partial charge in [0, 0.05) is 6.07 Å². The Bertz CT molecular complexity index is 397. The van der Waals surface area contributed by atoms with E-state index in [0.717, 1.165) is 5.57 Å². The molecule has 3 heteroatoms. The molecule has 2 nitrogen and oxygen atoms in total. The number of rotatable bonds is 4. The van der Waals surface area contributed by atoms with Crippen molar-refractivity contribution in [3.63, 3.8) is 0 Å². The summed E-state index contributed by atoms with van der Waals surface area (Å²) in [7, 11) is 0. The van der Waals surface area contributed by atoms with Crippen LogP contribution in [0.25, 0.3) is 0 Å². The second-order valence-corrected chi connectivity index (χ2v) is 3.44. The van der Waals surface area contributed by atoms with Gasteiger partial charge in [-0.15, -0.1) is 0 Å². The number of ether oxygens (including phenoxy) is 1. The van der Waals surface area contributed by atoms with E-state index in [-0.39, 0.29) is 18.1 Å². The molecule has 0 aliphatic carbocycles. The smallest absolute Gasteiger partial charge is 0.163 e. The quantitative estimate of drug-likeness (QED) is 0.561. The topological polar surface area (TPSA) is 26.3 Å². The zero-order chi connectivity index (χ0) is 11.4. The van der Waals surface area contributed by atoms with Gasteiger partial charge in [-0.2, -0.15) is 0 Å². The van der Waals surface area contributed by atoms with Crippen LogP contribution in [0.2, 0.25) is 0 Å². The molecule has 15 heavy (non-hydrogen) atoms. The Morgan fingerprint density at radius 3 is 2.67 bits per heavy atom. The molecule has 1 rings (SSSR count). The number of carbonyl (C=O) groups excluding carboxylic acids is 1. The van der Waals surface area contributed by atoms with Gasteiger partial charge in [-0.25, -0.2) is 4.39 Å². The van der Waals surface area contributed by atoms with Crippen molar-refractivity contribution >= 4 is 5.78 Å². The SMILES string of the molecule is C=C(C)COc1cc(F)ccc1C(C)=O. The first kappa shape index (κ1) is 11.4. The zero-order valence-electron chi connectivity index (χ0n) is 8.84. The van der Waals surface area contributed by atoms with Crippen LogP contribution >= 0.6 is 0 Å². The predicted octanol–water partition coefficient (Wildman–Crippen LogP) is 2.98. The second-order valence-electron chi connectivity index (χ2n) is 3.44. The van der Waals surface area contributed by atoms with Gasteiger partial charge in [0.1, 0.15) is 18.2 Å². The first-order valence-electron chi connectivity index (χ1n) is 4.58. The van der Waals surface area contributed by atoms with E-state index in [1.165, 1.54) is 25.1 Å². The maximum atomic E-state index is 12.9. The van der Waals surface area contributed by atoms with Crippen molar-refractivity contribution in [2.75, 3.05) is 6.61 Å². The van der Waals surface area contributed by atoms with Crippen molar-refractivity contribution in [3.8, 4) is 5.75 Å². The van der Waals surface area contributed by atoms with Crippen LogP contribution in [-0.2, 0) is 0 Å². The number of benzene rings is 1. The summed E-state index contributed by atoms with van der Waals surface area (Å²) >= 11 is 0. The maximum absolute atomic E-state index is 12.9. The van der Waals surface area contributed by atoms with Gasteiger partial charge in [0.2, 0.25) is 0 Å². The minimum atomic E-state index is -0.420. The highest BCUT2D eigenvalue weighted by Gasteiger charge is 2.09. The minimum absolute atomic E-state index is 0.147. The summed E-state index contributed by atoms with van der Waals surface area (Å²) in [6.45, 7) is 7.16. The van der Waals surface area contributed by atoms with Gasteiger partial charge in [-0.05, 0) is 31.6 Å². The lowest BCUT2D eigenvalue weighted by molar-refractivity contribution is 0.101. The van der Waals surface area contributed by atoms with Crippen LogP contribution in [-0.4, -0.2) is 12.4 Å². The Hall–Kier alpha value is -1.64. The summed E-state index contributed by atoms with van der Waals surface area (Å²) in [6, 6.07) is 3.87. The number of Topliss-reactive ketones (excluding diaryl/α,β-unsaturated/α-hetero) is 1. The second kappa shape index (κ2) is 4.73. The summed E-state index contributed by atoms with van der Waals surface area (Å²) in [5, 5.41) is 0. The monoisotopic (exact) mass is 208 g/mol. The van der Waals surface area contributed by atoms with Crippen LogP contribution < -0.4 is 4.74 Å². The average Bonchev–Trinajstić information content (AvgIpc) is 2.14. The molecule has 0 aliphatic rings. The Morgan fingerprint density at radius 2 is 2.13 bits per heavy atom. The average molecular weight is 208 g/mol. The molecule has 0 N–H and O–H groups in total. The van der Waals surface area contributed by atoms with E-state index in [9.17, 15) is 9.18 Å². The Morgan fingerprint density at radius 1 is 1.47 bits per heavy atom. The number of hydrogen-bond donors (Lipinski definition) is 0. The standard InChI is InChI=1S/C12H13FO2/c1-8(2)7-15-12-6-10(13)4-5-11(12)9(3)14/h4-6H,1,7H2,2-3H3. The van der Waals surface area contributed by atoms with Gasteiger partial charge in [-0.1, -0.05) is 6.58 Å². The highest BCUT2D eigenvalue weighted by Crippen LogP contribution is 2.20. The van der Waals surface area contributed by atoms with Gasteiger partial charge in [-0.3, -0.25) is 4.79 Å². The van der Waals surface area contributed by atoms with E-state index < -0.39 is 5.82 Å². The Kier molecular flexibility index (Phi) is 3.61. The lowest BCUT2D eigenvalue weighted by Crippen LogP contribution is -2.03. The van der Waals surface area contributed by atoms with Crippen molar-refractivity contribution in [2.24, 2.45) is 0 Å². The maximum Gasteiger partial charge on any atom is 0.163 e. The number of carbonyl (C=O) groups is 1. The normalized spacial score (nSPS) is 9.80. The van der Waals surface area contributed by atoms with Crippen LogP contribution in [0.15, 0.2) is 30.4 Å². The fourth-order valence-corrected chi connectivity index (χ4v) is 1.11. The molecule has 0 heterocycles. The molecule has 0 spiro atoms. The van der Waals surface area contributed by atoms with Crippen LogP contribution in [0.3, 0.4) is 0 Å². The summed E-state index contributed by atoms with van der Waals surface area (Å²) in [6.07, 6.45) is 0. The van der Waals surface area contributed by atoms with Crippen molar-refractivity contribution in [3.05, 3.63) is 41.7 Å². The highest BCUT2D eigenvalue weighted by molar-refractivity contribution is 5.96. The van der Waals surface area contributed by atoms with E-state index in [4.69, 9.17) is 4.74 Å². The Labute approximate surface area is 88.4 Å². The number of ketones is 1. The molecule has 0 saturated heterocycles. The first-order chi connectivity index (χ1) is 7.00. The molecule has 1 aromatic carbocycles. The Balaban J connectivity index is 2.96. The fourth-order valence-electron chi connectivity index (χ4n) is 1.11. The van der Waals surface area contributed by atoms with E-state index in [1.807, 2.05) is 0 Å². The van der Waals surface area contributed by atoms with Crippen molar-refractivity contribution in [2.45, 2.75) is 13.8 Å².